The second-order valence-corrected chi connectivity index (χ2v) is 3.31. The first-order valence-corrected chi connectivity index (χ1v) is 4.27. The monoisotopic (exact) mass is 158 g/mol. The minimum absolute atomic E-state index is 0.160. The smallest absolute Gasteiger partial charge is 0.0862 e. The number of rotatable bonds is 0. The fourth-order valence-electron chi connectivity index (χ4n) is 1.79. The van der Waals surface area contributed by atoms with Gasteiger partial charge in [-0.3, -0.25) is 0 Å². The van der Waals surface area contributed by atoms with E-state index >= 15 is 0 Å². The van der Waals surface area contributed by atoms with Crippen molar-refractivity contribution in [1.29, 1.82) is 0 Å². The molecular weight excluding hydrogens is 144 g/mol. The Kier molecular flexibility index (Phi) is 2.11. The van der Waals surface area contributed by atoms with E-state index in [0.29, 0.717) is 6.61 Å². The van der Waals surface area contributed by atoms with Gasteiger partial charge >= 0.3 is 0 Å². The molecule has 3 heteroatoms. The van der Waals surface area contributed by atoms with E-state index in [1.165, 1.54) is 0 Å². The van der Waals surface area contributed by atoms with Gasteiger partial charge in [-0.25, -0.2) is 0 Å². The molecule has 64 valence electrons. The number of hydrogen-bond acceptors (Lipinski definition) is 3. The lowest BCUT2D eigenvalue weighted by Crippen LogP contribution is -2.45. The Hall–Kier alpha value is -0.120. The molecule has 2 saturated heterocycles. The second-order valence-electron chi connectivity index (χ2n) is 3.31. The van der Waals surface area contributed by atoms with Crippen molar-refractivity contribution in [2.24, 2.45) is 0 Å². The van der Waals surface area contributed by atoms with Gasteiger partial charge in [0.05, 0.1) is 24.9 Å². The Balaban J connectivity index is 1.93. The average Bonchev–Trinajstić information content (AvgIpc) is 2.04. The van der Waals surface area contributed by atoms with Crippen molar-refractivity contribution in [3.8, 4) is 0 Å². The highest BCUT2D eigenvalue weighted by molar-refractivity contribution is 4.81. The molecule has 2 rings (SSSR count). The zero-order valence-corrected chi connectivity index (χ0v) is 6.53. The minimum atomic E-state index is -0.311. The second kappa shape index (κ2) is 3.09. The van der Waals surface area contributed by atoms with Gasteiger partial charge in [0.25, 0.3) is 0 Å². The van der Waals surface area contributed by atoms with Crippen molar-refractivity contribution < 1.29 is 14.6 Å². The molecule has 0 aliphatic carbocycles. The van der Waals surface area contributed by atoms with Gasteiger partial charge in [-0.2, -0.15) is 0 Å². The van der Waals surface area contributed by atoms with Crippen LogP contribution in [0.25, 0.3) is 0 Å². The predicted molar refractivity (Wildman–Crippen MR) is 39.3 cm³/mol. The van der Waals surface area contributed by atoms with Gasteiger partial charge in [0.1, 0.15) is 0 Å². The van der Waals surface area contributed by atoms with Crippen LogP contribution in [-0.2, 0) is 9.47 Å². The van der Waals surface area contributed by atoms with Crippen LogP contribution in [0, 0.1) is 0 Å². The van der Waals surface area contributed by atoms with Crippen LogP contribution in [-0.4, -0.2) is 36.6 Å². The van der Waals surface area contributed by atoms with Crippen LogP contribution in [0.1, 0.15) is 19.3 Å². The summed E-state index contributed by atoms with van der Waals surface area (Å²) in [5, 5.41) is 9.24. The van der Waals surface area contributed by atoms with E-state index in [9.17, 15) is 5.11 Å². The molecule has 0 saturated carbocycles. The largest absolute Gasteiger partial charge is 0.391 e. The molecule has 1 N–H and O–H groups in total. The topological polar surface area (TPSA) is 38.7 Å². The van der Waals surface area contributed by atoms with Gasteiger partial charge in [-0.15, -0.1) is 0 Å². The van der Waals surface area contributed by atoms with Crippen molar-refractivity contribution in [3.05, 3.63) is 0 Å². The molecule has 0 aromatic heterocycles. The maximum atomic E-state index is 9.24. The Morgan fingerprint density at radius 2 is 2.09 bits per heavy atom. The fourth-order valence-corrected chi connectivity index (χ4v) is 1.79. The summed E-state index contributed by atoms with van der Waals surface area (Å²) in [5.74, 6) is 0. The lowest BCUT2D eigenvalue weighted by Gasteiger charge is -2.37. The molecule has 11 heavy (non-hydrogen) atoms. The third-order valence-electron chi connectivity index (χ3n) is 2.39. The molecule has 2 aliphatic rings. The highest BCUT2D eigenvalue weighted by Crippen LogP contribution is 2.25. The van der Waals surface area contributed by atoms with E-state index in [2.05, 4.69) is 0 Å². The Morgan fingerprint density at radius 1 is 1.18 bits per heavy atom. The zero-order chi connectivity index (χ0) is 7.68. The van der Waals surface area contributed by atoms with Crippen molar-refractivity contribution in [2.45, 2.75) is 37.6 Å². The summed E-state index contributed by atoms with van der Waals surface area (Å²) >= 11 is 0. The Labute approximate surface area is 66.3 Å². The summed E-state index contributed by atoms with van der Waals surface area (Å²) < 4.78 is 10.9. The van der Waals surface area contributed by atoms with Gasteiger partial charge < -0.3 is 14.6 Å². The van der Waals surface area contributed by atoms with Crippen LogP contribution in [0.3, 0.4) is 0 Å². The standard InChI is InChI=1S/C8H14O3/c9-6-4-8-7(11-5-6)2-1-3-10-8/h6-9H,1-5H2/t6-,7+,8-/m0/s1. The van der Waals surface area contributed by atoms with Gasteiger partial charge in [-0.1, -0.05) is 0 Å². The normalized spacial score (nSPS) is 45.0. The summed E-state index contributed by atoms with van der Waals surface area (Å²) in [4.78, 5) is 0. The van der Waals surface area contributed by atoms with Gasteiger partial charge in [0, 0.05) is 13.0 Å². The average molecular weight is 158 g/mol. The predicted octanol–water partition coefficient (Wildman–Crippen LogP) is 0.315. The quantitative estimate of drug-likeness (QED) is 0.551. The maximum Gasteiger partial charge on any atom is 0.0862 e. The third kappa shape index (κ3) is 1.55. The zero-order valence-electron chi connectivity index (χ0n) is 6.53. The summed E-state index contributed by atoms with van der Waals surface area (Å²) in [6.07, 6.45) is 3.05. The van der Waals surface area contributed by atoms with Crippen molar-refractivity contribution in [1.82, 2.24) is 0 Å². The molecule has 0 bridgehead atoms. The summed E-state index contributed by atoms with van der Waals surface area (Å²) in [6.45, 7) is 1.32. The molecule has 2 fully saturated rings. The number of fused-ring (bicyclic) bond motifs is 1. The highest BCUT2D eigenvalue weighted by atomic mass is 16.6. The van der Waals surface area contributed by atoms with Crippen LogP contribution in [0.5, 0.6) is 0 Å². The molecule has 0 unspecified atom stereocenters. The van der Waals surface area contributed by atoms with E-state index < -0.39 is 0 Å². The van der Waals surface area contributed by atoms with Crippen LogP contribution < -0.4 is 0 Å². The number of aliphatic hydroxyl groups is 1. The van der Waals surface area contributed by atoms with Gasteiger partial charge in [-0.05, 0) is 12.8 Å². The molecule has 2 aliphatic heterocycles. The Morgan fingerprint density at radius 3 is 3.00 bits per heavy atom. The van der Waals surface area contributed by atoms with Gasteiger partial charge in [0.15, 0.2) is 0 Å². The molecule has 0 aromatic rings. The van der Waals surface area contributed by atoms with E-state index in [1.807, 2.05) is 0 Å². The van der Waals surface area contributed by atoms with E-state index in [4.69, 9.17) is 9.47 Å². The first-order valence-electron chi connectivity index (χ1n) is 4.27. The molecule has 0 spiro atoms. The fraction of sp³-hybridized carbons (Fsp3) is 1.00. The number of hydrogen-bond donors (Lipinski definition) is 1. The van der Waals surface area contributed by atoms with E-state index in [0.717, 1.165) is 25.9 Å². The lowest BCUT2D eigenvalue weighted by molar-refractivity contribution is -0.166. The molecule has 2 heterocycles. The molecule has 0 radical (unpaired) electrons. The van der Waals surface area contributed by atoms with Crippen molar-refractivity contribution >= 4 is 0 Å². The molecular formula is C8H14O3. The molecule has 0 aromatic carbocycles. The molecule has 3 nitrogen and oxygen atoms in total. The van der Waals surface area contributed by atoms with Crippen LogP contribution in [0.4, 0.5) is 0 Å². The van der Waals surface area contributed by atoms with Crippen molar-refractivity contribution in [3.63, 3.8) is 0 Å². The van der Waals surface area contributed by atoms with E-state index in [1.54, 1.807) is 0 Å². The first kappa shape index (κ1) is 7.53. The summed E-state index contributed by atoms with van der Waals surface area (Å²) in [5.41, 5.74) is 0. The summed E-state index contributed by atoms with van der Waals surface area (Å²) in [6, 6.07) is 0. The number of aliphatic hydroxyl groups excluding tert-OH is 1. The minimum Gasteiger partial charge on any atom is -0.391 e. The maximum absolute atomic E-state index is 9.24. The third-order valence-corrected chi connectivity index (χ3v) is 2.39. The first-order chi connectivity index (χ1) is 5.36. The number of ether oxygens (including phenoxy) is 2. The highest BCUT2D eigenvalue weighted by Gasteiger charge is 2.33. The van der Waals surface area contributed by atoms with Crippen LogP contribution in [0.2, 0.25) is 0 Å². The van der Waals surface area contributed by atoms with E-state index in [-0.39, 0.29) is 18.3 Å². The molecule has 0 amide bonds. The van der Waals surface area contributed by atoms with Crippen LogP contribution >= 0.6 is 0 Å². The van der Waals surface area contributed by atoms with Crippen molar-refractivity contribution in [2.75, 3.05) is 13.2 Å². The molecule has 3 atom stereocenters. The lowest BCUT2D eigenvalue weighted by atomic mass is 9.98. The Bertz CT molecular complexity index is 137. The summed E-state index contributed by atoms with van der Waals surface area (Å²) in [7, 11) is 0. The van der Waals surface area contributed by atoms with Crippen LogP contribution in [0.15, 0.2) is 0 Å². The SMILES string of the molecule is O[C@@H]1CO[C@@H]2CCCO[C@H]2C1. The van der Waals surface area contributed by atoms with Gasteiger partial charge in [0.2, 0.25) is 0 Å².